The second kappa shape index (κ2) is 3.72. The van der Waals surface area contributed by atoms with Crippen LogP contribution in [-0.4, -0.2) is 15.4 Å². The van der Waals surface area contributed by atoms with Gasteiger partial charge in [0.2, 0.25) is 5.13 Å². The molecule has 0 radical (unpaired) electrons. The van der Waals surface area contributed by atoms with E-state index in [2.05, 4.69) is 5.32 Å². The summed E-state index contributed by atoms with van der Waals surface area (Å²) in [7, 11) is 0. The van der Waals surface area contributed by atoms with E-state index in [4.69, 9.17) is 9.36 Å². The minimum Gasteiger partial charge on any atom is -0.358 e. The molecule has 1 N–H and O–H groups in total. The molecule has 5 saturated carbocycles. The van der Waals surface area contributed by atoms with Gasteiger partial charge >= 0.3 is 0 Å². The highest BCUT2D eigenvalue weighted by Gasteiger charge is 2.53. The molecule has 4 heteroatoms. The van der Waals surface area contributed by atoms with E-state index < -0.39 is 0 Å². The fourth-order valence-corrected chi connectivity index (χ4v) is 6.04. The van der Waals surface area contributed by atoms with Crippen LogP contribution < -0.4 is 5.32 Å². The van der Waals surface area contributed by atoms with Crippen LogP contribution in [0.1, 0.15) is 57.2 Å². The lowest BCUT2D eigenvalue weighted by atomic mass is 9.49. The van der Waals surface area contributed by atoms with Crippen LogP contribution in [0.4, 0.5) is 5.13 Å². The van der Waals surface area contributed by atoms with E-state index in [0.717, 1.165) is 22.9 Å². The summed E-state index contributed by atoms with van der Waals surface area (Å²) in [5.74, 6) is 4.14. The highest BCUT2D eigenvalue weighted by atomic mass is 32.1. The van der Waals surface area contributed by atoms with Crippen LogP contribution in [0.2, 0.25) is 0 Å². The van der Waals surface area contributed by atoms with Crippen molar-refractivity contribution in [2.45, 2.75) is 62.8 Å². The number of anilines is 1. The van der Waals surface area contributed by atoms with Gasteiger partial charge in [-0.2, -0.15) is 4.37 Å². The summed E-state index contributed by atoms with van der Waals surface area (Å²) in [4.78, 5) is 4.88. The molecule has 1 heterocycles. The summed E-state index contributed by atoms with van der Waals surface area (Å²) in [6.07, 6.45) is 11.2. The Kier molecular flexibility index (Phi) is 2.16. The van der Waals surface area contributed by atoms with Crippen molar-refractivity contribution >= 4 is 16.7 Å². The standard InChI is InChI=1S/C15H21N3S/c1-2-12(1)16-14-17-13(18-19-14)15-6-9-3-10(7-15)5-11(4-9)8-15/h9-12H,1-8H2,(H,16,17,18). The first-order valence-corrected chi connectivity index (χ1v) is 8.67. The van der Waals surface area contributed by atoms with Crippen molar-refractivity contribution in [1.29, 1.82) is 0 Å². The van der Waals surface area contributed by atoms with Crippen molar-refractivity contribution < 1.29 is 0 Å². The number of nitrogens with one attached hydrogen (secondary N) is 1. The van der Waals surface area contributed by atoms with Gasteiger partial charge in [-0.1, -0.05) is 0 Å². The Morgan fingerprint density at radius 1 is 1.00 bits per heavy atom. The van der Waals surface area contributed by atoms with Gasteiger partial charge in [-0.05, 0) is 69.1 Å². The van der Waals surface area contributed by atoms with Gasteiger partial charge in [-0.15, -0.1) is 0 Å². The smallest absolute Gasteiger partial charge is 0.202 e. The first-order valence-electron chi connectivity index (χ1n) is 7.90. The topological polar surface area (TPSA) is 37.8 Å². The Balaban J connectivity index is 1.46. The van der Waals surface area contributed by atoms with Crippen LogP contribution in [0, 0.1) is 17.8 Å². The summed E-state index contributed by atoms with van der Waals surface area (Å²) >= 11 is 1.59. The van der Waals surface area contributed by atoms with Gasteiger partial charge in [0.05, 0.1) is 0 Å². The van der Waals surface area contributed by atoms with Crippen molar-refractivity contribution in [3.8, 4) is 0 Å². The van der Waals surface area contributed by atoms with E-state index in [1.807, 2.05) is 0 Å². The van der Waals surface area contributed by atoms with E-state index in [1.165, 1.54) is 57.2 Å². The summed E-state index contributed by atoms with van der Waals surface area (Å²) < 4.78 is 4.76. The zero-order chi connectivity index (χ0) is 12.4. The van der Waals surface area contributed by atoms with Crippen molar-refractivity contribution in [1.82, 2.24) is 9.36 Å². The maximum atomic E-state index is 4.88. The fraction of sp³-hybridized carbons (Fsp3) is 0.867. The van der Waals surface area contributed by atoms with Gasteiger partial charge in [0.1, 0.15) is 0 Å². The van der Waals surface area contributed by atoms with E-state index >= 15 is 0 Å². The predicted molar refractivity (Wildman–Crippen MR) is 76.4 cm³/mol. The van der Waals surface area contributed by atoms with Gasteiger partial charge < -0.3 is 5.32 Å². The Labute approximate surface area is 118 Å². The van der Waals surface area contributed by atoms with Gasteiger partial charge in [-0.3, -0.25) is 0 Å². The Bertz CT molecular complexity index is 470. The molecule has 4 bridgehead atoms. The van der Waals surface area contributed by atoms with Gasteiger partial charge in [0, 0.05) is 23.0 Å². The van der Waals surface area contributed by atoms with Crippen molar-refractivity contribution in [3.63, 3.8) is 0 Å². The molecular weight excluding hydrogens is 254 g/mol. The largest absolute Gasteiger partial charge is 0.358 e. The number of aromatic nitrogens is 2. The molecule has 0 unspecified atom stereocenters. The third-order valence-electron chi connectivity index (χ3n) is 5.84. The van der Waals surface area contributed by atoms with E-state index in [-0.39, 0.29) is 0 Å². The first kappa shape index (κ1) is 11.1. The Hall–Kier alpha value is -0.640. The molecule has 5 aliphatic carbocycles. The second-order valence-corrected chi connectivity index (χ2v) is 8.29. The highest BCUT2D eigenvalue weighted by molar-refractivity contribution is 7.09. The van der Waals surface area contributed by atoms with Gasteiger partial charge in [0.15, 0.2) is 5.82 Å². The van der Waals surface area contributed by atoms with Crippen LogP contribution in [0.5, 0.6) is 0 Å². The molecule has 102 valence electrons. The third-order valence-corrected chi connectivity index (χ3v) is 6.49. The average Bonchev–Trinajstić information content (AvgIpc) is 3.02. The first-order chi connectivity index (χ1) is 9.29. The summed E-state index contributed by atoms with van der Waals surface area (Å²) in [5, 5.41) is 4.59. The molecule has 3 nitrogen and oxygen atoms in total. The number of hydrogen-bond donors (Lipinski definition) is 1. The number of rotatable bonds is 3. The van der Waals surface area contributed by atoms with E-state index in [0.29, 0.717) is 11.5 Å². The summed E-state index contributed by atoms with van der Waals surface area (Å²) in [6, 6.07) is 0.692. The zero-order valence-corrected chi connectivity index (χ0v) is 12.1. The normalized spacial score (nSPS) is 43.7. The lowest BCUT2D eigenvalue weighted by molar-refractivity contribution is -0.00880. The minimum atomic E-state index is 0.370. The summed E-state index contributed by atoms with van der Waals surface area (Å²) in [5.41, 5.74) is 0.370. The molecular formula is C15H21N3S. The lowest BCUT2D eigenvalue weighted by Crippen LogP contribution is -2.49. The van der Waals surface area contributed by atoms with Crippen LogP contribution >= 0.6 is 11.5 Å². The molecule has 6 rings (SSSR count). The Morgan fingerprint density at radius 2 is 1.63 bits per heavy atom. The third kappa shape index (κ3) is 1.75. The predicted octanol–water partition coefficient (Wildman–Crippen LogP) is 3.58. The molecule has 1 aromatic heterocycles. The average molecular weight is 275 g/mol. The summed E-state index contributed by atoms with van der Waals surface area (Å²) in [6.45, 7) is 0. The molecule has 0 amide bonds. The maximum absolute atomic E-state index is 4.88. The minimum absolute atomic E-state index is 0.370. The maximum Gasteiger partial charge on any atom is 0.202 e. The van der Waals surface area contributed by atoms with Crippen LogP contribution in [-0.2, 0) is 5.41 Å². The Morgan fingerprint density at radius 3 is 2.21 bits per heavy atom. The second-order valence-electron chi connectivity index (χ2n) is 7.54. The van der Waals surface area contributed by atoms with Gasteiger partial charge in [-0.25, -0.2) is 4.98 Å². The van der Waals surface area contributed by atoms with Crippen molar-refractivity contribution in [3.05, 3.63) is 5.82 Å². The van der Waals surface area contributed by atoms with Crippen LogP contribution in [0.25, 0.3) is 0 Å². The van der Waals surface area contributed by atoms with Crippen LogP contribution in [0.15, 0.2) is 0 Å². The molecule has 19 heavy (non-hydrogen) atoms. The molecule has 5 aliphatic rings. The fourth-order valence-electron chi connectivity index (χ4n) is 5.28. The number of nitrogens with zero attached hydrogens (tertiary/aromatic N) is 2. The molecule has 0 atom stereocenters. The molecule has 5 fully saturated rings. The van der Waals surface area contributed by atoms with E-state index in [9.17, 15) is 0 Å². The van der Waals surface area contributed by atoms with E-state index in [1.54, 1.807) is 11.5 Å². The van der Waals surface area contributed by atoms with Crippen molar-refractivity contribution in [2.75, 3.05) is 5.32 Å². The number of hydrogen-bond acceptors (Lipinski definition) is 4. The SMILES string of the molecule is C1C2CC3CC1CC(c1nsc(NC4CC4)n1)(C2)C3. The van der Waals surface area contributed by atoms with Crippen LogP contribution in [0.3, 0.4) is 0 Å². The monoisotopic (exact) mass is 275 g/mol. The molecule has 1 aromatic rings. The zero-order valence-electron chi connectivity index (χ0n) is 11.3. The molecule has 0 spiro atoms. The molecule has 0 aromatic carbocycles. The molecule has 0 saturated heterocycles. The van der Waals surface area contributed by atoms with Crippen molar-refractivity contribution in [2.24, 2.45) is 17.8 Å². The van der Waals surface area contributed by atoms with Gasteiger partial charge in [0.25, 0.3) is 0 Å². The molecule has 0 aliphatic heterocycles. The lowest BCUT2D eigenvalue weighted by Gasteiger charge is -2.55. The highest BCUT2D eigenvalue weighted by Crippen LogP contribution is 2.60. The quantitative estimate of drug-likeness (QED) is 0.916.